The highest BCUT2D eigenvalue weighted by molar-refractivity contribution is 6.05. The van der Waals surface area contributed by atoms with Gasteiger partial charge in [-0.3, -0.25) is 9.78 Å². The van der Waals surface area contributed by atoms with E-state index in [1.54, 1.807) is 0 Å². The van der Waals surface area contributed by atoms with Crippen molar-refractivity contribution in [1.29, 1.82) is 0 Å². The molecule has 1 amide bonds. The first kappa shape index (κ1) is 22.6. The van der Waals surface area contributed by atoms with Crippen LogP contribution in [-0.2, 0) is 28.8 Å². The van der Waals surface area contributed by atoms with E-state index in [4.69, 9.17) is 9.72 Å². The average Bonchev–Trinajstić information content (AvgIpc) is 3.12. The summed E-state index contributed by atoms with van der Waals surface area (Å²) in [6, 6.07) is 18.3. The third kappa shape index (κ3) is 4.98. The summed E-state index contributed by atoms with van der Waals surface area (Å²) in [5.74, 6) is 0.0904. The Hall–Kier alpha value is -3.21. The van der Waals surface area contributed by atoms with Crippen molar-refractivity contribution < 1.29 is 14.3 Å². The molecule has 1 aromatic heterocycles. The maximum atomic E-state index is 13.3. The SMILES string of the molecule is O=C(OCC(=O)N1CCC(Cc2ccccc2)CC1)c1c2c(nc3ccccc13)CCCCC2. The number of likely N-dealkylation sites (tertiary alicyclic amines) is 1. The lowest BCUT2D eigenvalue weighted by molar-refractivity contribution is -0.135. The minimum Gasteiger partial charge on any atom is -0.452 e. The fourth-order valence-corrected chi connectivity index (χ4v) is 5.41. The molecule has 176 valence electrons. The van der Waals surface area contributed by atoms with Gasteiger partial charge in [-0.05, 0) is 68.1 Å². The van der Waals surface area contributed by atoms with Gasteiger partial charge in [0, 0.05) is 24.2 Å². The average molecular weight is 457 g/mol. The molecular formula is C29H32N2O3. The lowest BCUT2D eigenvalue weighted by Gasteiger charge is -2.32. The number of aryl methyl sites for hydroxylation is 1. The number of hydrogen-bond acceptors (Lipinski definition) is 4. The van der Waals surface area contributed by atoms with Gasteiger partial charge in [-0.15, -0.1) is 0 Å². The second-order valence-corrected chi connectivity index (χ2v) is 9.58. The van der Waals surface area contributed by atoms with Gasteiger partial charge >= 0.3 is 5.97 Å². The van der Waals surface area contributed by atoms with Crippen molar-refractivity contribution in [2.45, 2.75) is 51.4 Å². The number of hydrogen-bond donors (Lipinski definition) is 0. The fourth-order valence-electron chi connectivity index (χ4n) is 5.41. The number of aromatic nitrogens is 1. The Kier molecular flexibility index (Phi) is 6.89. The van der Waals surface area contributed by atoms with E-state index >= 15 is 0 Å². The van der Waals surface area contributed by atoms with Gasteiger partial charge in [0.05, 0.1) is 11.1 Å². The number of ether oxygens (including phenoxy) is 1. The van der Waals surface area contributed by atoms with Crippen LogP contribution in [0.15, 0.2) is 54.6 Å². The van der Waals surface area contributed by atoms with Crippen LogP contribution in [0.2, 0.25) is 0 Å². The monoisotopic (exact) mass is 456 g/mol. The Morgan fingerprint density at radius 1 is 0.912 bits per heavy atom. The molecule has 2 aliphatic rings. The zero-order valence-corrected chi connectivity index (χ0v) is 19.7. The maximum Gasteiger partial charge on any atom is 0.339 e. The molecule has 5 nitrogen and oxygen atoms in total. The Bertz CT molecular complexity index is 1170. The molecule has 0 spiro atoms. The number of rotatable bonds is 5. The second kappa shape index (κ2) is 10.4. The number of benzene rings is 2. The van der Waals surface area contributed by atoms with E-state index in [1.165, 1.54) is 5.56 Å². The van der Waals surface area contributed by atoms with Gasteiger partial charge in [0.25, 0.3) is 5.91 Å². The highest BCUT2D eigenvalue weighted by Crippen LogP contribution is 2.29. The minimum absolute atomic E-state index is 0.101. The van der Waals surface area contributed by atoms with E-state index in [1.807, 2.05) is 35.2 Å². The molecule has 0 bridgehead atoms. The largest absolute Gasteiger partial charge is 0.452 e. The van der Waals surface area contributed by atoms with Crippen molar-refractivity contribution in [2.24, 2.45) is 5.92 Å². The van der Waals surface area contributed by atoms with Gasteiger partial charge in [-0.25, -0.2) is 4.79 Å². The summed E-state index contributed by atoms with van der Waals surface area (Å²) >= 11 is 0. The van der Waals surface area contributed by atoms with Crippen LogP contribution >= 0.6 is 0 Å². The molecule has 1 aliphatic carbocycles. The zero-order chi connectivity index (χ0) is 23.3. The number of amides is 1. The second-order valence-electron chi connectivity index (χ2n) is 9.58. The first-order valence-corrected chi connectivity index (χ1v) is 12.6. The third-order valence-corrected chi connectivity index (χ3v) is 7.28. The van der Waals surface area contributed by atoms with Gasteiger partial charge < -0.3 is 9.64 Å². The number of fused-ring (bicyclic) bond motifs is 2. The molecule has 2 heterocycles. The molecule has 0 unspecified atom stereocenters. The summed E-state index contributed by atoms with van der Waals surface area (Å²) < 4.78 is 5.62. The smallest absolute Gasteiger partial charge is 0.339 e. The molecule has 5 rings (SSSR count). The van der Waals surface area contributed by atoms with Gasteiger partial charge in [0.1, 0.15) is 0 Å². The van der Waals surface area contributed by atoms with Crippen LogP contribution in [0.25, 0.3) is 10.9 Å². The molecule has 2 aromatic carbocycles. The van der Waals surface area contributed by atoms with Crippen molar-refractivity contribution >= 4 is 22.8 Å². The predicted molar refractivity (Wildman–Crippen MR) is 133 cm³/mol. The van der Waals surface area contributed by atoms with Crippen LogP contribution in [0.1, 0.15) is 59.3 Å². The number of pyridine rings is 1. The van der Waals surface area contributed by atoms with E-state index in [0.29, 0.717) is 11.5 Å². The van der Waals surface area contributed by atoms with Crippen LogP contribution in [-0.4, -0.2) is 41.5 Å². The molecule has 0 saturated carbocycles. The predicted octanol–water partition coefficient (Wildman–Crippen LogP) is 5.14. The van der Waals surface area contributed by atoms with Crippen molar-refractivity contribution in [3.05, 3.63) is 77.0 Å². The molecule has 0 N–H and O–H groups in total. The van der Waals surface area contributed by atoms with Crippen molar-refractivity contribution in [1.82, 2.24) is 9.88 Å². The fraction of sp³-hybridized carbons (Fsp3) is 0.414. The van der Waals surface area contributed by atoms with Crippen molar-refractivity contribution in [2.75, 3.05) is 19.7 Å². The van der Waals surface area contributed by atoms with E-state index in [9.17, 15) is 9.59 Å². The summed E-state index contributed by atoms with van der Waals surface area (Å²) in [7, 11) is 0. The number of nitrogens with zero attached hydrogens (tertiary/aromatic N) is 2. The van der Waals surface area contributed by atoms with E-state index in [-0.39, 0.29) is 12.5 Å². The van der Waals surface area contributed by atoms with Crippen LogP contribution in [0, 0.1) is 5.92 Å². The normalized spacial score (nSPS) is 16.6. The van der Waals surface area contributed by atoms with Crippen molar-refractivity contribution in [3.63, 3.8) is 0 Å². The van der Waals surface area contributed by atoms with Crippen LogP contribution in [0.4, 0.5) is 0 Å². The summed E-state index contributed by atoms with van der Waals surface area (Å²) in [5.41, 5.74) is 4.80. The molecule has 34 heavy (non-hydrogen) atoms. The number of piperidine rings is 1. The Morgan fingerprint density at radius 2 is 1.65 bits per heavy atom. The number of carbonyl (C=O) groups excluding carboxylic acids is 2. The van der Waals surface area contributed by atoms with E-state index in [0.717, 1.165) is 86.6 Å². The molecule has 1 aliphatic heterocycles. The number of esters is 1. The standard InChI is InChI=1S/C29H32N2O3/c32-27(31-17-15-22(16-18-31)19-21-9-3-1-4-10-21)20-34-29(33)28-23-11-5-2-6-13-25(23)30-26-14-8-7-12-24(26)28/h1,3-4,7-10,12,14,22H,2,5-6,11,13,15-20H2. The highest BCUT2D eigenvalue weighted by atomic mass is 16.5. The quantitative estimate of drug-likeness (QED) is 0.394. The lowest BCUT2D eigenvalue weighted by Crippen LogP contribution is -2.41. The van der Waals surface area contributed by atoms with E-state index in [2.05, 4.69) is 24.3 Å². The van der Waals surface area contributed by atoms with Gasteiger partial charge in [0.2, 0.25) is 0 Å². The first-order chi connectivity index (χ1) is 16.7. The molecular weight excluding hydrogens is 424 g/mol. The van der Waals surface area contributed by atoms with Gasteiger partial charge in [0.15, 0.2) is 6.61 Å². The van der Waals surface area contributed by atoms with Crippen LogP contribution < -0.4 is 0 Å². The highest BCUT2D eigenvalue weighted by Gasteiger charge is 2.26. The number of para-hydroxylation sites is 1. The molecule has 0 atom stereocenters. The summed E-state index contributed by atoms with van der Waals surface area (Å²) in [6.45, 7) is 1.25. The zero-order valence-electron chi connectivity index (χ0n) is 19.7. The first-order valence-electron chi connectivity index (χ1n) is 12.6. The number of carbonyl (C=O) groups is 2. The lowest BCUT2D eigenvalue weighted by atomic mass is 9.90. The molecule has 5 heteroatoms. The maximum absolute atomic E-state index is 13.3. The Balaban J connectivity index is 1.23. The van der Waals surface area contributed by atoms with Gasteiger partial charge in [-0.2, -0.15) is 0 Å². The van der Waals surface area contributed by atoms with Crippen molar-refractivity contribution in [3.8, 4) is 0 Å². The summed E-state index contributed by atoms with van der Waals surface area (Å²) in [4.78, 5) is 32.8. The topological polar surface area (TPSA) is 59.5 Å². The van der Waals surface area contributed by atoms with Gasteiger partial charge in [-0.1, -0.05) is 55.0 Å². The van der Waals surface area contributed by atoms with E-state index < -0.39 is 5.97 Å². The van der Waals surface area contributed by atoms with Crippen LogP contribution in [0.3, 0.4) is 0 Å². The Morgan fingerprint density at radius 3 is 2.47 bits per heavy atom. The molecule has 3 aromatic rings. The summed E-state index contributed by atoms with van der Waals surface area (Å²) in [5, 5.41) is 0.822. The minimum atomic E-state index is -0.399. The summed E-state index contributed by atoms with van der Waals surface area (Å²) in [6.07, 6.45) is 8.01. The molecule has 1 saturated heterocycles. The molecule has 0 radical (unpaired) electrons. The Labute approximate surface area is 201 Å². The molecule has 1 fully saturated rings. The third-order valence-electron chi connectivity index (χ3n) is 7.28. The van der Waals surface area contributed by atoms with Crippen LogP contribution in [0.5, 0.6) is 0 Å².